The summed E-state index contributed by atoms with van der Waals surface area (Å²) >= 11 is 7.47. The first-order valence-corrected chi connectivity index (χ1v) is 26.9. The summed E-state index contributed by atoms with van der Waals surface area (Å²) < 4.78 is 10.1. The number of aromatic nitrogens is 3. The van der Waals surface area contributed by atoms with Crippen LogP contribution >= 0.6 is 45.3 Å². The van der Waals surface area contributed by atoms with Crippen molar-refractivity contribution in [3.05, 3.63) is 201 Å². The molecule has 7 aromatic heterocycles. The molecule has 0 saturated heterocycles. The van der Waals surface area contributed by atoms with E-state index in [1.165, 1.54) is 107 Å². The van der Waals surface area contributed by atoms with Crippen LogP contribution in [0.25, 0.3) is 103 Å². The zero-order chi connectivity index (χ0) is 42.6. The van der Waals surface area contributed by atoms with Gasteiger partial charge < -0.3 is 0 Å². The summed E-state index contributed by atoms with van der Waals surface area (Å²) in [5.41, 5.74) is 4.43. The Balaban J connectivity index is 1.07. The largest absolute Gasteiger partial charge is 0.263 e. The first-order chi connectivity index (χ1) is 32.3. The van der Waals surface area contributed by atoms with Crippen molar-refractivity contribution in [2.24, 2.45) is 0 Å². The SMILES string of the molecule is c1ccc([Si](c2ccccc2)(c2cccc3c2sc2c(-c4nccc5c4sc4ccccc45)cccc23)c2nccc3c2sc2c(-c4nccc5c4sc4ccccc45)cccc23)cc1. The quantitative estimate of drug-likeness (QED) is 0.123. The van der Waals surface area contributed by atoms with Gasteiger partial charge >= 0.3 is 0 Å². The van der Waals surface area contributed by atoms with Gasteiger partial charge in [0, 0.05) is 96.3 Å². The van der Waals surface area contributed by atoms with Crippen LogP contribution in [0.15, 0.2) is 201 Å². The molecule has 14 rings (SSSR count). The standard InChI is InChI=1S/C57H33N3S4Si/c1-3-14-34(15-4-1)65(35-16-5-2-6-17-35,48-27-13-22-40-38-20-11-23-44(51(38)63-53(40)48)49-54-41(28-31-58-49)36-18-7-9-25-46(36)61-54)57-56-43(30-33-60-57)39-21-12-24-45(52(39)64-56)50-55-42(29-32-59-50)37-19-8-10-26-47(37)62-55/h1-33H. The molecule has 8 heteroatoms. The minimum Gasteiger partial charge on any atom is -0.263 e. The van der Waals surface area contributed by atoms with Gasteiger partial charge in [-0.05, 0) is 45.9 Å². The van der Waals surface area contributed by atoms with Crippen molar-refractivity contribution >= 4 is 155 Å². The third kappa shape index (κ3) is 5.40. The Morgan fingerprint density at radius 1 is 0.292 bits per heavy atom. The average molecular weight is 916 g/mol. The van der Waals surface area contributed by atoms with Gasteiger partial charge in [-0.15, -0.1) is 45.3 Å². The van der Waals surface area contributed by atoms with E-state index in [4.69, 9.17) is 15.0 Å². The van der Waals surface area contributed by atoms with Gasteiger partial charge in [0.1, 0.15) is 0 Å². The van der Waals surface area contributed by atoms with Gasteiger partial charge in [-0.1, -0.05) is 152 Å². The van der Waals surface area contributed by atoms with Gasteiger partial charge in [0.25, 0.3) is 0 Å². The molecular weight excluding hydrogens is 883 g/mol. The Morgan fingerprint density at radius 3 is 1.26 bits per heavy atom. The summed E-state index contributed by atoms with van der Waals surface area (Å²) in [6, 6.07) is 67.1. The van der Waals surface area contributed by atoms with Crippen LogP contribution in [-0.2, 0) is 0 Å². The molecule has 14 aromatic rings. The number of hydrogen-bond acceptors (Lipinski definition) is 7. The van der Waals surface area contributed by atoms with Crippen molar-refractivity contribution in [1.29, 1.82) is 0 Å². The second kappa shape index (κ2) is 14.6. The van der Waals surface area contributed by atoms with Crippen LogP contribution in [0.5, 0.6) is 0 Å². The van der Waals surface area contributed by atoms with E-state index in [-0.39, 0.29) is 0 Å². The molecule has 0 bridgehead atoms. The van der Waals surface area contributed by atoms with Crippen molar-refractivity contribution in [2.45, 2.75) is 0 Å². The molecular formula is C57H33N3S4Si. The molecule has 0 N–H and O–H groups in total. The van der Waals surface area contributed by atoms with Crippen LogP contribution in [0.1, 0.15) is 0 Å². The fourth-order valence-electron chi connectivity index (χ4n) is 10.4. The molecule has 0 fully saturated rings. The smallest absolute Gasteiger partial charge is 0.205 e. The maximum absolute atomic E-state index is 5.62. The van der Waals surface area contributed by atoms with Crippen molar-refractivity contribution in [3.63, 3.8) is 0 Å². The second-order valence-corrected chi connectivity index (χ2v) is 24.4. The van der Waals surface area contributed by atoms with Gasteiger partial charge in [0.15, 0.2) is 0 Å². The Hall–Kier alpha value is -6.91. The maximum Gasteiger partial charge on any atom is 0.205 e. The summed E-state index contributed by atoms with van der Waals surface area (Å²) in [6.07, 6.45) is 6.03. The van der Waals surface area contributed by atoms with E-state index < -0.39 is 8.07 Å². The third-order valence-electron chi connectivity index (χ3n) is 13.2. The number of pyridine rings is 3. The summed E-state index contributed by atoms with van der Waals surface area (Å²) in [5, 5.41) is 15.2. The molecule has 0 amide bonds. The number of nitrogens with zero attached hydrogens (tertiary/aromatic N) is 3. The molecule has 7 heterocycles. The molecule has 0 radical (unpaired) electrons. The second-order valence-electron chi connectivity index (χ2n) is 16.5. The van der Waals surface area contributed by atoms with Gasteiger partial charge in [-0.25, -0.2) is 0 Å². The van der Waals surface area contributed by atoms with E-state index in [1.54, 1.807) is 0 Å². The summed E-state index contributed by atoms with van der Waals surface area (Å²) in [7, 11) is -3.20. The third-order valence-corrected chi connectivity index (χ3v) is 23.2. The van der Waals surface area contributed by atoms with Crippen molar-refractivity contribution in [1.82, 2.24) is 15.0 Å². The lowest BCUT2D eigenvalue weighted by Gasteiger charge is -2.34. The normalized spacial score (nSPS) is 12.3. The summed E-state index contributed by atoms with van der Waals surface area (Å²) in [4.78, 5) is 15.9. The predicted molar refractivity (Wildman–Crippen MR) is 286 cm³/mol. The molecule has 304 valence electrons. The van der Waals surface area contributed by atoms with Crippen LogP contribution in [0, 0.1) is 0 Å². The first-order valence-electron chi connectivity index (χ1n) is 21.7. The fraction of sp³-hybridized carbons (Fsp3) is 0. The highest BCUT2D eigenvalue weighted by Gasteiger charge is 2.46. The van der Waals surface area contributed by atoms with Crippen LogP contribution in [0.4, 0.5) is 0 Å². The average Bonchev–Trinajstić information content (AvgIpc) is 4.16. The molecule has 65 heavy (non-hydrogen) atoms. The molecule has 0 spiro atoms. The molecule has 7 aromatic carbocycles. The molecule has 0 aliphatic carbocycles. The van der Waals surface area contributed by atoms with E-state index in [2.05, 4.69) is 188 Å². The lowest BCUT2D eigenvalue weighted by Crippen LogP contribution is -2.75. The molecule has 0 aliphatic heterocycles. The highest BCUT2D eigenvalue weighted by Crippen LogP contribution is 2.46. The minimum absolute atomic E-state index is 1.04. The maximum atomic E-state index is 5.62. The van der Waals surface area contributed by atoms with Crippen LogP contribution in [0.3, 0.4) is 0 Å². The molecule has 0 aliphatic rings. The van der Waals surface area contributed by atoms with Gasteiger partial charge in [-0.3, -0.25) is 15.0 Å². The van der Waals surface area contributed by atoms with Gasteiger partial charge in [0.2, 0.25) is 8.07 Å². The minimum atomic E-state index is -3.20. The number of thiophene rings is 4. The van der Waals surface area contributed by atoms with Crippen molar-refractivity contribution in [2.75, 3.05) is 0 Å². The van der Waals surface area contributed by atoms with E-state index in [9.17, 15) is 0 Å². The number of benzene rings is 7. The Bertz CT molecular complexity index is 3930. The number of hydrogen-bond donors (Lipinski definition) is 0. The summed E-state index contributed by atoms with van der Waals surface area (Å²) in [6.45, 7) is 0. The molecule has 3 nitrogen and oxygen atoms in total. The molecule has 0 unspecified atom stereocenters. The fourth-order valence-corrected chi connectivity index (χ4v) is 21.2. The van der Waals surface area contributed by atoms with E-state index in [0.717, 1.165) is 16.7 Å². The number of rotatable bonds is 6. The van der Waals surface area contributed by atoms with E-state index in [0.29, 0.717) is 0 Å². The van der Waals surface area contributed by atoms with E-state index >= 15 is 0 Å². The van der Waals surface area contributed by atoms with E-state index in [1.807, 2.05) is 57.7 Å². The predicted octanol–water partition coefficient (Wildman–Crippen LogP) is 14.1. The lowest BCUT2D eigenvalue weighted by molar-refractivity contribution is 1.38. The van der Waals surface area contributed by atoms with Crippen LogP contribution in [0.2, 0.25) is 0 Å². The van der Waals surface area contributed by atoms with Gasteiger partial charge in [0.05, 0.1) is 30.8 Å². The zero-order valence-electron chi connectivity index (χ0n) is 34.5. The van der Waals surface area contributed by atoms with Crippen LogP contribution in [-0.4, -0.2) is 23.0 Å². The van der Waals surface area contributed by atoms with Gasteiger partial charge in [-0.2, -0.15) is 0 Å². The Kier molecular flexibility index (Phi) is 8.39. The monoisotopic (exact) mass is 915 g/mol. The zero-order valence-corrected chi connectivity index (χ0v) is 38.8. The summed E-state index contributed by atoms with van der Waals surface area (Å²) in [5.74, 6) is 0. The molecule has 0 atom stereocenters. The highest BCUT2D eigenvalue weighted by molar-refractivity contribution is 7.34. The number of fused-ring (bicyclic) bond motifs is 12. The Morgan fingerprint density at radius 2 is 0.708 bits per heavy atom. The topological polar surface area (TPSA) is 38.7 Å². The lowest BCUT2D eigenvalue weighted by atomic mass is 10.0. The van der Waals surface area contributed by atoms with Crippen molar-refractivity contribution < 1.29 is 0 Å². The molecule has 0 saturated carbocycles. The van der Waals surface area contributed by atoms with Crippen molar-refractivity contribution in [3.8, 4) is 22.5 Å². The van der Waals surface area contributed by atoms with Crippen LogP contribution < -0.4 is 20.9 Å². The first kappa shape index (κ1) is 37.5. The Labute approximate surface area is 390 Å². The highest BCUT2D eigenvalue weighted by atomic mass is 32.1.